The van der Waals surface area contributed by atoms with Crippen molar-refractivity contribution >= 4 is 29.7 Å². The van der Waals surface area contributed by atoms with Gasteiger partial charge in [0, 0.05) is 0 Å². The van der Waals surface area contributed by atoms with Crippen molar-refractivity contribution in [1.29, 1.82) is 0 Å². The maximum Gasteiger partial charge on any atom is 0.461 e. The highest BCUT2D eigenvalue weighted by Crippen LogP contribution is 2.44. The fourth-order valence-corrected chi connectivity index (χ4v) is 1.43. The fraction of sp³-hybridized carbons (Fsp3) is 1.00. The first-order valence-electron chi connectivity index (χ1n) is 4.31. The van der Waals surface area contributed by atoms with Crippen LogP contribution in [0.5, 0.6) is 0 Å². The van der Waals surface area contributed by atoms with E-state index in [2.05, 4.69) is 57.2 Å². The van der Waals surface area contributed by atoms with E-state index in [1.54, 1.807) is 0 Å². The van der Waals surface area contributed by atoms with E-state index in [1.165, 1.54) is 0 Å². The molecule has 0 bridgehead atoms. The highest BCUT2D eigenvalue weighted by atomic mass is 127. The Labute approximate surface area is 88.7 Å². The molecular weight excluding hydrogens is 266 g/mol. The second-order valence-corrected chi connectivity index (χ2v) is 6.33. The first-order chi connectivity index (χ1) is 5.26. The molecule has 0 spiro atoms. The van der Waals surface area contributed by atoms with Crippen molar-refractivity contribution in [2.24, 2.45) is 0 Å². The average molecular weight is 282 g/mol. The zero-order valence-electron chi connectivity index (χ0n) is 8.35. The van der Waals surface area contributed by atoms with Crippen molar-refractivity contribution in [1.82, 2.24) is 0 Å². The zero-order valence-corrected chi connectivity index (χ0v) is 10.5. The third kappa shape index (κ3) is 1.80. The van der Waals surface area contributed by atoms with Crippen LogP contribution in [0.4, 0.5) is 0 Å². The van der Waals surface area contributed by atoms with E-state index in [1.807, 2.05) is 0 Å². The Kier molecular flexibility index (Phi) is 2.82. The van der Waals surface area contributed by atoms with Gasteiger partial charge in [0.2, 0.25) is 0 Å². The minimum atomic E-state index is -0.209. The lowest BCUT2D eigenvalue weighted by atomic mass is 9.75. The van der Waals surface area contributed by atoms with Gasteiger partial charge in [0.15, 0.2) is 0 Å². The number of hydrogen-bond acceptors (Lipinski definition) is 2. The second kappa shape index (κ2) is 3.13. The highest BCUT2D eigenvalue weighted by molar-refractivity contribution is 14.1. The van der Waals surface area contributed by atoms with Crippen molar-refractivity contribution in [3.8, 4) is 0 Å². The smallest absolute Gasteiger partial charge is 0.402 e. The first kappa shape index (κ1) is 10.8. The van der Waals surface area contributed by atoms with Crippen molar-refractivity contribution in [3.63, 3.8) is 0 Å². The molecule has 0 saturated carbocycles. The molecule has 1 rings (SSSR count). The maximum absolute atomic E-state index is 5.80. The van der Waals surface area contributed by atoms with E-state index in [4.69, 9.17) is 9.31 Å². The van der Waals surface area contributed by atoms with Crippen LogP contribution in [0.3, 0.4) is 0 Å². The fourth-order valence-electron chi connectivity index (χ4n) is 1.05. The maximum atomic E-state index is 5.80. The number of halogens is 1. The molecular formula is C8H16BIO2. The SMILES string of the molecule is CC(C)B1OC(C)(C)C(C)(I)O1. The van der Waals surface area contributed by atoms with Crippen LogP contribution in [-0.2, 0) is 9.31 Å². The van der Waals surface area contributed by atoms with E-state index in [9.17, 15) is 0 Å². The van der Waals surface area contributed by atoms with Gasteiger partial charge >= 0.3 is 7.12 Å². The van der Waals surface area contributed by atoms with Crippen LogP contribution in [0.25, 0.3) is 0 Å². The summed E-state index contributed by atoms with van der Waals surface area (Å²) in [5, 5.41) is 0. The summed E-state index contributed by atoms with van der Waals surface area (Å²) in [7, 11) is -0.0538. The molecule has 1 aliphatic heterocycles. The molecule has 1 atom stereocenters. The van der Waals surface area contributed by atoms with E-state index >= 15 is 0 Å². The number of alkyl halides is 1. The Morgan fingerprint density at radius 3 is 1.83 bits per heavy atom. The van der Waals surface area contributed by atoms with E-state index in [0.717, 1.165) is 0 Å². The van der Waals surface area contributed by atoms with Gasteiger partial charge in [0.25, 0.3) is 0 Å². The molecule has 1 saturated heterocycles. The summed E-state index contributed by atoms with van der Waals surface area (Å²) in [5.74, 6) is 0.417. The summed E-state index contributed by atoms with van der Waals surface area (Å²) < 4.78 is 11.4. The largest absolute Gasteiger partial charge is 0.461 e. The summed E-state index contributed by atoms with van der Waals surface area (Å²) >= 11 is 2.31. The van der Waals surface area contributed by atoms with Gasteiger partial charge in [-0.05, 0) is 49.2 Å². The molecule has 0 aliphatic carbocycles. The molecule has 0 aromatic rings. The van der Waals surface area contributed by atoms with Crippen LogP contribution in [0.2, 0.25) is 5.82 Å². The van der Waals surface area contributed by atoms with Crippen LogP contribution < -0.4 is 0 Å². The summed E-state index contributed by atoms with van der Waals surface area (Å²) in [4.78, 5) is 0. The van der Waals surface area contributed by atoms with Crippen molar-refractivity contribution in [2.75, 3.05) is 0 Å². The van der Waals surface area contributed by atoms with Gasteiger partial charge in [-0.3, -0.25) is 0 Å². The molecule has 0 aromatic carbocycles. The molecule has 1 unspecified atom stereocenters. The molecule has 2 nitrogen and oxygen atoms in total. The Morgan fingerprint density at radius 2 is 1.67 bits per heavy atom. The Balaban J connectivity index is 2.74. The average Bonchev–Trinajstić information content (AvgIpc) is 2.03. The van der Waals surface area contributed by atoms with Gasteiger partial charge in [0.05, 0.1) is 5.60 Å². The van der Waals surface area contributed by atoms with Crippen molar-refractivity contribution in [2.45, 2.75) is 49.6 Å². The van der Waals surface area contributed by atoms with Crippen molar-refractivity contribution in [3.05, 3.63) is 0 Å². The minimum absolute atomic E-state index is 0.0538. The van der Waals surface area contributed by atoms with E-state index < -0.39 is 0 Å². The number of hydrogen-bond donors (Lipinski definition) is 0. The summed E-state index contributed by atoms with van der Waals surface area (Å²) in [6.45, 7) is 10.4. The van der Waals surface area contributed by atoms with Crippen LogP contribution in [0.15, 0.2) is 0 Å². The Hall–Kier alpha value is 0.715. The van der Waals surface area contributed by atoms with Gasteiger partial charge < -0.3 is 9.31 Å². The molecule has 4 heteroatoms. The molecule has 1 heterocycles. The molecule has 70 valence electrons. The van der Waals surface area contributed by atoms with Crippen molar-refractivity contribution < 1.29 is 9.31 Å². The minimum Gasteiger partial charge on any atom is -0.402 e. The molecule has 1 aliphatic rings. The van der Waals surface area contributed by atoms with Crippen LogP contribution in [0, 0.1) is 0 Å². The molecule has 0 N–H and O–H groups in total. The van der Waals surface area contributed by atoms with Crippen LogP contribution in [-0.4, -0.2) is 16.3 Å². The lowest BCUT2D eigenvalue weighted by molar-refractivity contribution is 0.0723. The molecule has 0 aromatic heterocycles. The standard InChI is InChI=1S/C8H16BIO2/c1-6(2)9-11-7(3,4)8(5,10)12-9/h6H,1-5H3. The molecule has 12 heavy (non-hydrogen) atoms. The predicted octanol–water partition coefficient (Wildman–Crippen LogP) is 2.86. The monoisotopic (exact) mass is 282 g/mol. The quantitative estimate of drug-likeness (QED) is 0.418. The normalized spacial score (nSPS) is 34.8. The van der Waals surface area contributed by atoms with E-state index in [-0.39, 0.29) is 16.3 Å². The molecule has 0 amide bonds. The Morgan fingerprint density at radius 1 is 1.17 bits per heavy atom. The highest BCUT2D eigenvalue weighted by Gasteiger charge is 2.53. The topological polar surface area (TPSA) is 18.5 Å². The lowest BCUT2D eigenvalue weighted by Crippen LogP contribution is -2.38. The summed E-state index contributed by atoms with van der Waals surface area (Å²) in [6.07, 6.45) is 0. The van der Waals surface area contributed by atoms with Gasteiger partial charge in [-0.1, -0.05) is 13.8 Å². The second-order valence-electron chi connectivity index (χ2n) is 4.28. The first-order valence-corrected chi connectivity index (χ1v) is 5.39. The Bertz CT molecular complexity index is 164. The van der Waals surface area contributed by atoms with Crippen LogP contribution in [0.1, 0.15) is 34.6 Å². The van der Waals surface area contributed by atoms with Gasteiger partial charge in [-0.2, -0.15) is 0 Å². The third-order valence-electron chi connectivity index (χ3n) is 2.37. The third-order valence-corrected chi connectivity index (χ3v) is 3.92. The van der Waals surface area contributed by atoms with E-state index in [0.29, 0.717) is 5.82 Å². The summed E-state index contributed by atoms with van der Waals surface area (Å²) in [6, 6.07) is 0. The lowest BCUT2D eigenvalue weighted by Gasteiger charge is -2.30. The van der Waals surface area contributed by atoms with Gasteiger partial charge in [0.1, 0.15) is 3.61 Å². The zero-order chi connectivity index (χ0) is 9.57. The van der Waals surface area contributed by atoms with Gasteiger partial charge in [-0.25, -0.2) is 0 Å². The predicted molar refractivity (Wildman–Crippen MR) is 59.5 cm³/mol. The van der Waals surface area contributed by atoms with Gasteiger partial charge in [-0.15, -0.1) is 0 Å². The molecule has 1 fully saturated rings. The molecule has 0 radical (unpaired) electrons. The van der Waals surface area contributed by atoms with Crippen LogP contribution >= 0.6 is 22.6 Å². The summed E-state index contributed by atoms with van der Waals surface area (Å²) in [5.41, 5.74) is -0.192. The number of rotatable bonds is 1.